The van der Waals surface area contributed by atoms with Gasteiger partial charge in [-0.05, 0) is 38.4 Å². The van der Waals surface area contributed by atoms with Crippen LogP contribution in [0.5, 0.6) is 0 Å². The standard InChI is InChI=1S/C35H37F2N11/c1-43-11-15-45(16-12-43)31-21-47-29(7-9-39-47)34(41-31)23-3-5-25(27(36)19-23)33(38)26-6-4-24(20-28(26)37)35-30-8-10-40-48(30)22-32(42-35)46-17-13-44(2)14-18-46/h3-10,19-22,33H,11-18,38H2,1-2H3. The molecule has 0 atom stereocenters. The minimum absolute atomic E-state index is 0.193. The summed E-state index contributed by atoms with van der Waals surface area (Å²) in [5, 5.41) is 8.87. The highest BCUT2D eigenvalue weighted by Gasteiger charge is 2.23. The molecular weight excluding hydrogens is 612 g/mol. The highest BCUT2D eigenvalue weighted by molar-refractivity contribution is 5.79. The number of hydrogen-bond donors (Lipinski definition) is 1. The number of anilines is 2. The fourth-order valence-corrected chi connectivity index (χ4v) is 6.65. The van der Waals surface area contributed by atoms with E-state index in [0.29, 0.717) is 22.5 Å². The number of likely N-dealkylation sites (N-methyl/N-ethyl adjacent to an activating group) is 2. The topological polar surface area (TPSA) is 99.4 Å². The molecule has 2 aliphatic rings. The fourth-order valence-electron chi connectivity index (χ4n) is 6.65. The first-order valence-corrected chi connectivity index (χ1v) is 16.2. The van der Waals surface area contributed by atoms with Crippen LogP contribution in [0.4, 0.5) is 20.4 Å². The van der Waals surface area contributed by atoms with Crippen LogP contribution < -0.4 is 15.5 Å². The molecule has 0 radical (unpaired) electrons. The second-order valence-electron chi connectivity index (χ2n) is 12.7. The van der Waals surface area contributed by atoms with Crippen molar-refractivity contribution in [2.45, 2.75) is 6.04 Å². The van der Waals surface area contributed by atoms with Crippen molar-refractivity contribution in [3.63, 3.8) is 0 Å². The molecule has 2 aliphatic heterocycles. The van der Waals surface area contributed by atoms with Gasteiger partial charge in [0.05, 0.1) is 53.3 Å². The SMILES string of the molecule is CN1CCN(c2cn3nccc3c(-c3ccc(C(N)c4ccc(-c5nc(N6CCN(C)CC6)cn6nccc56)cc4F)c(F)c3)n2)CC1. The average Bonchev–Trinajstić information content (AvgIpc) is 3.78. The van der Waals surface area contributed by atoms with E-state index in [1.807, 2.05) is 24.5 Å². The molecule has 2 N–H and O–H groups in total. The van der Waals surface area contributed by atoms with Gasteiger partial charge in [-0.1, -0.05) is 24.3 Å². The molecule has 48 heavy (non-hydrogen) atoms. The molecule has 2 fully saturated rings. The van der Waals surface area contributed by atoms with E-state index in [9.17, 15) is 0 Å². The summed E-state index contributed by atoms with van der Waals surface area (Å²) in [6, 6.07) is 12.4. The molecule has 0 amide bonds. The van der Waals surface area contributed by atoms with Crippen LogP contribution in [0, 0.1) is 11.6 Å². The number of nitrogens with two attached hydrogens (primary N) is 1. The zero-order valence-corrected chi connectivity index (χ0v) is 27.0. The normalized spacial score (nSPS) is 16.5. The highest BCUT2D eigenvalue weighted by Crippen LogP contribution is 2.33. The number of nitrogens with zero attached hydrogens (tertiary/aromatic N) is 10. The van der Waals surface area contributed by atoms with Gasteiger partial charge in [-0.2, -0.15) is 10.2 Å². The smallest absolute Gasteiger partial charge is 0.148 e. The number of rotatable bonds is 6. The molecule has 0 spiro atoms. The summed E-state index contributed by atoms with van der Waals surface area (Å²) in [5.74, 6) is 0.509. The van der Waals surface area contributed by atoms with Gasteiger partial charge in [-0.15, -0.1) is 0 Å². The van der Waals surface area contributed by atoms with Crippen LogP contribution in [0.25, 0.3) is 33.5 Å². The van der Waals surface area contributed by atoms with Crippen molar-refractivity contribution in [3.8, 4) is 22.5 Å². The van der Waals surface area contributed by atoms with Gasteiger partial charge in [0.2, 0.25) is 0 Å². The summed E-state index contributed by atoms with van der Waals surface area (Å²) in [6.45, 7) is 7.09. The Kier molecular flexibility index (Phi) is 7.74. The Hall–Kier alpha value is -4.98. The average molecular weight is 650 g/mol. The lowest BCUT2D eigenvalue weighted by molar-refractivity contribution is 0.312. The van der Waals surface area contributed by atoms with Gasteiger partial charge in [0.25, 0.3) is 0 Å². The monoisotopic (exact) mass is 649 g/mol. The fraction of sp³-hybridized carbons (Fsp3) is 0.314. The minimum Gasteiger partial charge on any atom is -0.353 e. The Morgan fingerprint density at radius 2 is 1.02 bits per heavy atom. The predicted octanol–water partition coefficient (Wildman–Crippen LogP) is 3.94. The van der Waals surface area contributed by atoms with Crippen molar-refractivity contribution in [1.29, 1.82) is 0 Å². The van der Waals surface area contributed by atoms with Gasteiger partial charge >= 0.3 is 0 Å². The maximum atomic E-state index is 15.9. The third-order valence-electron chi connectivity index (χ3n) is 9.63. The van der Waals surface area contributed by atoms with Crippen molar-refractivity contribution in [3.05, 3.63) is 96.1 Å². The van der Waals surface area contributed by atoms with Crippen molar-refractivity contribution in [2.75, 3.05) is 76.3 Å². The van der Waals surface area contributed by atoms with Crippen molar-refractivity contribution >= 4 is 22.7 Å². The second kappa shape index (κ2) is 12.2. The van der Waals surface area contributed by atoms with E-state index in [-0.39, 0.29) is 11.1 Å². The lowest BCUT2D eigenvalue weighted by atomic mass is 9.95. The van der Waals surface area contributed by atoms with E-state index in [1.165, 1.54) is 12.1 Å². The Morgan fingerprint density at radius 3 is 1.42 bits per heavy atom. The summed E-state index contributed by atoms with van der Waals surface area (Å²) in [4.78, 5) is 18.9. The molecule has 13 heteroatoms. The van der Waals surface area contributed by atoms with Crippen LogP contribution in [0.3, 0.4) is 0 Å². The van der Waals surface area contributed by atoms with E-state index in [2.05, 4.69) is 43.9 Å². The van der Waals surface area contributed by atoms with Crippen LogP contribution >= 0.6 is 0 Å². The maximum Gasteiger partial charge on any atom is 0.148 e. The molecule has 0 bridgehead atoms. The Labute approximate surface area is 276 Å². The van der Waals surface area contributed by atoms with Gasteiger partial charge in [-0.3, -0.25) is 0 Å². The molecule has 2 aromatic carbocycles. The number of aromatic nitrogens is 6. The molecule has 11 nitrogen and oxygen atoms in total. The number of benzene rings is 2. The van der Waals surface area contributed by atoms with Crippen molar-refractivity contribution in [2.24, 2.45) is 5.73 Å². The number of halogens is 2. The molecule has 0 unspecified atom stereocenters. The molecule has 0 aliphatic carbocycles. The maximum absolute atomic E-state index is 15.9. The zero-order chi connectivity index (χ0) is 32.9. The molecule has 4 aromatic heterocycles. The van der Waals surface area contributed by atoms with Gasteiger partial charge in [-0.25, -0.2) is 27.8 Å². The molecule has 8 rings (SSSR count). The van der Waals surface area contributed by atoms with Gasteiger partial charge in [0.15, 0.2) is 0 Å². The van der Waals surface area contributed by atoms with E-state index in [4.69, 9.17) is 15.7 Å². The molecule has 0 saturated carbocycles. The number of hydrogen-bond acceptors (Lipinski definition) is 9. The largest absolute Gasteiger partial charge is 0.353 e. The summed E-state index contributed by atoms with van der Waals surface area (Å²) in [6.07, 6.45) is 7.23. The number of piperazine rings is 2. The first kappa shape index (κ1) is 30.4. The first-order valence-electron chi connectivity index (χ1n) is 16.2. The summed E-state index contributed by atoms with van der Waals surface area (Å²) in [7, 11) is 4.21. The van der Waals surface area contributed by atoms with Crippen LogP contribution in [0.1, 0.15) is 17.2 Å². The predicted molar refractivity (Wildman–Crippen MR) is 182 cm³/mol. The molecule has 6 aromatic rings. The lowest BCUT2D eigenvalue weighted by Crippen LogP contribution is -2.44. The highest BCUT2D eigenvalue weighted by atomic mass is 19.1. The Bertz CT molecular complexity index is 1960. The minimum atomic E-state index is -1.02. The molecule has 2 saturated heterocycles. The summed E-state index contributed by atoms with van der Waals surface area (Å²) in [5.41, 5.74) is 10.9. The van der Waals surface area contributed by atoms with E-state index >= 15 is 8.78 Å². The van der Waals surface area contributed by atoms with Crippen LogP contribution in [0.15, 0.2) is 73.3 Å². The van der Waals surface area contributed by atoms with Gasteiger partial charge < -0.3 is 25.3 Å². The second-order valence-corrected chi connectivity index (χ2v) is 12.7. The summed E-state index contributed by atoms with van der Waals surface area (Å²) < 4.78 is 35.3. The van der Waals surface area contributed by atoms with Crippen molar-refractivity contribution in [1.82, 2.24) is 39.0 Å². The van der Waals surface area contributed by atoms with Crippen LogP contribution in [-0.2, 0) is 0 Å². The van der Waals surface area contributed by atoms with E-state index in [1.54, 1.807) is 45.7 Å². The number of fused-ring (bicyclic) bond motifs is 2. The Morgan fingerprint density at radius 1 is 0.604 bits per heavy atom. The third kappa shape index (κ3) is 5.53. The zero-order valence-electron chi connectivity index (χ0n) is 27.0. The van der Waals surface area contributed by atoms with E-state index < -0.39 is 17.7 Å². The molecule has 6 heterocycles. The lowest BCUT2D eigenvalue weighted by Gasteiger charge is -2.33. The van der Waals surface area contributed by atoms with Gasteiger partial charge in [0.1, 0.15) is 23.3 Å². The Balaban J connectivity index is 1.09. The quantitative estimate of drug-likeness (QED) is 0.288. The third-order valence-corrected chi connectivity index (χ3v) is 9.63. The van der Waals surface area contributed by atoms with Crippen molar-refractivity contribution < 1.29 is 8.78 Å². The summed E-state index contributed by atoms with van der Waals surface area (Å²) >= 11 is 0. The molecular formula is C35H37F2N11. The molecule has 246 valence electrons. The van der Waals surface area contributed by atoms with Crippen LogP contribution in [-0.4, -0.2) is 105 Å². The van der Waals surface area contributed by atoms with Crippen LogP contribution in [0.2, 0.25) is 0 Å². The van der Waals surface area contributed by atoms with Gasteiger partial charge in [0, 0.05) is 74.6 Å². The first-order chi connectivity index (χ1) is 23.3. The van der Waals surface area contributed by atoms with E-state index in [0.717, 1.165) is 75.0 Å².